The molecule has 9 rings (SSSR count). The molecular formula is C48H44N2Si. The number of hydrogen-bond donors (Lipinski definition) is 0. The van der Waals surface area contributed by atoms with Gasteiger partial charge in [0.05, 0.1) is 19.4 Å². The molecule has 0 heterocycles. The zero-order valence-corrected chi connectivity index (χ0v) is 31.2. The van der Waals surface area contributed by atoms with Gasteiger partial charge in [-0.2, -0.15) is 0 Å². The molecule has 51 heavy (non-hydrogen) atoms. The monoisotopic (exact) mass is 676 g/mol. The number of anilines is 6. The van der Waals surface area contributed by atoms with Crippen molar-refractivity contribution >= 4 is 79.7 Å². The fourth-order valence-electron chi connectivity index (χ4n) is 8.61. The van der Waals surface area contributed by atoms with Crippen molar-refractivity contribution in [1.82, 2.24) is 0 Å². The maximum Gasteiger partial charge on any atom is 0.0785 e. The van der Waals surface area contributed by atoms with E-state index in [-0.39, 0.29) is 5.41 Å². The minimum absolute atomic E-state index is 0.0406. The number of aryl methyl sites for hydroxylation is 1. The van der Waals surface area contributed by atoms with Gasteiger partial charge in [0.1, 0.15) is 0 Å². The summed E-state index contributed by atoms with van der Waals surface area (Å²) in [4.78, 5) is 4.97. The van der Waals surface area contributed by atoms with Crippen LogP contribution in [0.4, 0.5) is 34.1 Å². The van der Waals surface area contributed by atoms with Gasteiger partial charge in [-0.3, -0.25) is 0 Å². The number of nitrogens with zero attached hydrogens (tertiary/aromatic N) is 2. The van der Waals surface area contributed by atoms with Crippen LogP contribution in [0.25, 0.3) is 32.3 Å². The Bertz CT molecular complexity index is 2440. The third kappa shape index (κ3) is 5.14. The minimum atomic E-state index is -1.83. The summed E-state index contributed by atoms with van der Waals surface area (Å²) in [6.07, 6.45) is 2.18. The molecule has 0 aliphatic heterocycles. The molecule has 1 aliphatic rings. The lowest BCUT2D eigenvalue weighted by molar-refractivity contribution is 0.475. The Morgan fingerprint density at radius 2 is 0.922 bits per heavy atom. The third-order valence-corrected chi connectivity index (χ3v) is 13.2. The average Bonchev–Trinajstić information content (AvgIpc) is 3.15. The Labute approximate surface area is 302 Å². The number of hydrogen-bond acceptors (Lipinski definition) is 2. The van der Waals surface area contributed by atoms with Gasteiger partial charge in [0.15, 0.2) is 0 Å². The van der Waals surface area contributed by atoms with Gasteiger partial charge in [0, 0.05) is 38.9 Å². The molecule has 0 saturated carbocycles. The summed E-state index contributed by atoms with van der Waals surface area (Å²) in [5, 5.41) is 9.84. The molecular weight excluding hydrogens is 633 g/mol. The first-order valence-electron chi connectivity index (χ1n) is 18.3. The highest BCUT2D eigenvalue weighted by atomic mass is 28.3. The van der Waals surface area contributed by atoms with E-state index in [0.717, 1.165) is 12.8 Å². The molecule has 0 atom stereocenters. The second-order valence-corrected chi connectivity index (χ2v) is 20.9. The lowest BCUT2D eigenvalue weighted by Crippen LogP contribution is -2.38. The second kappa shape index (κ2) is 11.9. The van der Waals surface area contributed by atoms with Gasteiger partial charge < -0.3 is 9.80 Å². The van der Waals surface area contributed by atoms with Crippen LogP contribution in [-0.2, 0) is 11.8 Å². The molecule has 0 aromatic heterocycles. The van der Waals surface area contributed by atoms with Crippen LogP contribution in [0.3, 0.4) is 0 Å². The maximum atomic E-state index is 2.58. The maximum absolute atomic E-state index is 2.58. The molecule has 8 aromatic rings. The van der Waals surface area contributed by atoms with Crippen molar-refractivity contribution in [3.63, 3.8) is 0 Å². The average molecular weight is 677 g/mol. The number of para-hydroxylation sites is 4. The van der Waals surface area contributed by atoms with Crippen LogP contribution in [0.2, 0.25) is 19.6 Å². The Balaban J connectivity index is 1.48. The van der Waals surface area contributed by atoms with Gasteiger partial charge in [-0.1, -0.05) is 124 Å². The summed E-state index contributed by atoms with van der Waals surface area (Å²) >= 11 is 0. The van der Waals surface area contributed by atoms with Gasteiger partial charge in [-0.25, -0.2) is 0 Å². The molecule has 250 valence electrons. The number of benzene rings is 8. The third-order valence-electron chi connectivity index (χ3n) is 11.1. The fraction of sp³-hybridized carbons (Fsp3) is 0.167. The van der Waals surface area contributed by atoms with Crippen LogP contribution in [0.5, 0.6) is 0 Å². The highest BCUT2D eigenvalue weighted by molar-refractivity contribution is 6.90. The normalized spacial score (nSPS) is 14.0. The predicted molar refractivity (Wildman–Crippen MR) is 224 cm³/mol. The SMILES string of the molecule is CC1(C)CCc2cc(N(c3ccccc3)c3ccccc3)c3ccc4c([Si](C)(C)C)cc(N(c5ccccc5)c5ccccc5)c5cc1c2c3c54. The van der Waals surface area contributed by atoms with Gasteiger partial charge in [0.25, 0.3) is 0 Å². The molecule has 0 bridgehead atoms. The van der Waals surface area contributed by atoms with Crippen molar-refractivity contribution in [2.45, 2.75) is 51.7 Å². The highest BCUT2D eigenvalue weighted by Crippen LogP contribution is 2.53. The smallest absolute Gasteiger partial charge is 0.0785 e. The van der Waals surface area contributed by atoms with Crippen molar-refractivity contribution in [2.75, 3.05) is 9.80 Å². The van der Waals surface area contributed by atoms with E-state index in [0.29, 0.717) is 0 Å². The molecule has 2 nitrogen and oxygen atoms in total. The van der Waals surface area contributed by atoms with E-state index in [1.807, 2.05) is 0 Å². The Kier molecular flexibility index (Phi) is 7.34. The van der Waals surface area contributed by atoms with E-state index in [9.17, 15) is 0 Å². The molecule has 0 spiro atoms. The Morgan fingerprint density at radius 1 is 0.471 bits per heavy atom. The van der Waals surface area contributed by atoms with Gasteiger partial charge in [-0.05, 0) is 112 Å². The zero-order chi connectivity index (χ0) is 34.9. The van der Waals surface area contributed by atoms with Crippen LogP contribution in [-0.4, -0.2) is 8.07 Å². The van der Waals surface area contributed by atoms with Crippen molar-refractivity contribution in [1.29, 1.82) is 0 Å². The summed E-state index contributed by atoms with van der Waals surface area (Å²) in [6.45, 7) is 12.4. The molecule has 8 aromatic carbocycles. The topological polar surface area (TPSA) is 6.48 Å². The highest BCUT2D eigenvalue weighted by Gasteiger charge is 2.34. The second-order valence-electron chi connectivity index (χ2n) is 15.9. The van der Waals surface area contributed by atoms with Crippen molar-refractivity contribution in [3.8, 4) is 0 Å². The summed E-state index contributed by atoms with van der Waals surface area (Å²) < 4.78 is 0. The van der Waals surface area contributed by atoms with E-state index in [1.165, 1.54) is 82.8 Å². The summed E-state index contributed by atoms with van der Waals surface area (Å²) in [5.41, 5.74) is 10.2. The molecule has 0 saturated heterocycles. The summed E-state index contributed by atoms with van der Waals surface area (Å²) in [5.74, 6) is 0. The van der Waals surface area contributed by atoms with Gasteiger partial charge >= 0.3 is 0 Å². The van der Waals surface area contributed by atoms with E-state index >= 15 is 0 Å². The van der Waals surface area contributed by atoms with Gasteiger partial charge in [0.2, 0.25) is 0 Å². The first kappa shape index (κ1) is 31.6. The van der Waals surface area contributed by atoms with Crippen LogP contribution in [0.1, 0.15) is 31.4 Å². The molecule has 1 aliphatic carbocycles. The molecule has 0 radical (unpaired) electrons. The van der Waals surface area contributed by atoms with Crippen LogP contribution in [0, 0.1) is 0 Å². The molecule has 0 unspecified atom stereocenters. The molecule has 0 fully saturated rings. The fourth-order valence-corrected chi connectivity index (χ4v) is 10.2. The van der Waals surface area contributed by atoms with Crippen molar-refractivity contribution in [2.24, 2.45) is 0 Å². The van der Waals surface area contributed by atoms with E-state index < -0.39 is 8.07 Å². The molecule has 3 heteroatoms. The summed E-state index contributed by atoms with van der Waals surface area (Å²) in [7, 11) is -1.83. The van der Waals surface area contributed by atoms with E-state index in [2.05, 4.69) is 195 Å². The Morgan fingerprint density at radius 3 is 1.39 bits per heavy atom. The van der Waals surface area contributed by atoms with Crippen molar-refractivity contribution < 1.29 is 0 Å². The van der Waals surface area contributed by atoms with E-state index in [1.54, 1.807) is 0 Å². The van der Waals surface area contributed by atoms with Crippen LogP contribution < -0.4 is 15.0 Å². The molecule has 0 N–H and O–H groups in total. The molecule has 0 amide bonds. The zero-order valence-electron chi connectivity index (χ0n) is 30.2. The first-order valence-corrected chi connectivity index (χ1v) is 21.8. The summed E-state index contributed by atoms with van der Waals surface area (Å²) in [6, 6.07) is 56.2. The predicted octanol–water partition coefficient (Wildman–Crippen LogP) is 13.3. The van der Waals surface area contributed by atoms with E-state index in [4.69, 9.17) is 0 Å². The standard InChI is InChI=1S/C48H44N2Si/c1-48(2)29-28-33-30-42(49(34-18-10-6-11-19-34)35-20-12-7-13-21-35)38-26-27-39-44(51(3,4)5)32-43(40-31-41(48)45(33)47(38)46(39)40)50(36-22-14-8-15-23-36)37-24-16-9-17-25-37/h6-27,30-32H,28-29H2,1-5H3. The van der Waals surface area contributed by atoms with Crippen LogP contribution in [0.15, 0.2) is 152 Å². The van der Waals surface area contributed by atoms with Crippen LogP contribution >= 0.6 is 0 Å². The minimum Gasteiger partial charge on any atom is -0.310 e. The first-order chi connectivity index (χ1) is 24.7. The number of rotatable bonds is 7. The van der Waals surface area contributed by atoms with Gasteiger partial charge in [-0.15, -0.1) is 0 Å². The Hall–Kier alpha value is -5.38. The van der Waals surface area contributed by atoms with Crippen molar-refractivity contribution in [3.05, 3.63) is 163 Å². The lowest BCUT2D eigenvalue weighted by Gasteiger charge is -2.37. The largest absolute Gasteiger partial charge is 0.310 e. The quantitative estimate of drug-likeness (QED) is 0.122. The lowest BCUT2D eigenvalue weighted by atomic mass is 9.70.